The molecule has 1 saturated heterocycles. The van der Waals surface area contributed by atoms with Crippen LogP contribution in [0.1, 0.15) is 103 Å². The molecule has 0 spiro atoms. The van der Waals surface area contributed by atoms with Crippen LogP contribution in [0.4, 0.5) is 0 Å². The van der Waals surface area contributed by atoms with E-state index in [9.17, 15) is 14.4 Å². The smallest absolute Gasteiger partial charge is 0.328 e. The first kappa shape index (κ1) is 32.6. The Balaban J connectivity index is 1.37. The van der Waals surface area contributed by atoms with Crippen molar-refractivity contribution in [1.82, 2.24) is 9.88 Å². The average Bonchev–Trinajstić information content (AvgIpc) is 3.63. The summed E-state index contributed by atoms with van der Waals surface area (Å²) in [5, 5.41) is 0.990. The van der Waals surface area contributed by atoms with E-state index in [0.717, 1.165) is 73.6 Å². The summed E-state index contributed by atoms with van der Waals surface area (Å²) in [6, 6.07) is 7.24. The highest BCUT2D eigenvalue weighted by molar-refractivity contribution is 5.90. The molecule has 0 unspecified atom stereocenters. The molecule has 1 aromatic heterocycles. The molecule has 2 aromatic rings. The van der Waals surface area contributed by atoms with Crippen molar-refractivity contribution in [3.05, 3.63) is 29.8 Å². The number of hydrogen-bond donors (Lipinski definition) is 0. The highest BCUT2D eigenvalue weighted by Crippen LogP contribution is 2.42. The van der Waals surface area contributed by atoms with E-state index in [1.807, 2.05) is 39.0 Å². The van der Waals surface area contributed by atoms with Gasteiger partial charge in [-0.05, 0) is 74.8 Å². The largest absolute Gasteiger partial charge is 0.489 e. The second kappa shape index (κ2) is 13.8. The number of esters is 2. The summed E-state index contributed by atoms with van der Waals surface area (Å²) in [5.74, 6) is -0.000142. The molecule has 46 heavy (non-hydrogen) atoms. The summed E-state index contributed by atoms with van der Waals surface area (Å²) in [6.07, 6.45) is 11.2. The van der Waals surface area contributed by atoms with Gasteiger partial charge in [0.15, 0.2) is 0 Å². The van der Waals surface area contributed by atoms with Crippen molar-refractivity contribution in [3.63, 3.8) is 0 Å². The number of para-hydroxylation sites is 1. The van der Waals surface area contributed by atoms with Crippen LogP contribution in [0.5, 0.6) is 11.6 Å². The van der Waals surface area contributed by atoms with Crippen LogP contribution in [0.15, 0.2) is 24.3 Å². The van der Waals surface area contributed by atoms with Gasteiger partial charge in [-0.15, -0.1) is 0 Å². The monoisotopic (exact) mass is 634 g/mol. The molecule has 2 bridgehead atoms. The van der Waals surface area contributed by atoms with E-state index < -0.39 is 29.4 Å². The minimum absolute atomic E-state index is 0.0281. The van der Waals surface area contributed by atoms with E-state index in [0.29, 0.717) is 11.8 Å². The van der Waals surface area contributed by atoms with Crippen molar-refractivity contribution in [2.75, 3.05) is 13.7 Å². The molecule has 4 aliphatic rings. The van der Waals surface area contributed by atoms with E-state index in [-0.39, 0.29) is 43.5 Å². The fourth-order valence-corrected chi connectivity index (χ4v) is 7.55. The topological polar surface area (TPSA) is 104 Å². The van der Waals surface area contributed by atoms with Gasteiger partial charge in [0.05, 0.1) is 43.2 Å². The second-order valence-corrected chi connectivity index (χ2v) is 14.9. The van der Waals surface area contributed by atoms with Crippen LogP contribution < -0.4 is 9.47 Å². The zero-order valence-electron chi connectivity index (χ0n) is 27.9. The highest BCUT2D eigenvalue weighted by Gasteiger charge is 2.47. The van der Waals surface area contributed by atoms with Crippen LogP contribution in [0.3, 0.4) is 0 Å². The van der Waals surface area contributed by atoms with E-state index in [1.165, 1.54) is 26.4 Å². The summed E-state index contributed by atoms with van der Waals surface area (Å²) in [7, 11) is 1.34. The molecule has 3 heterocycles. The Bertz CT molecular complexity index is 1430. The fourth-order valence-electron chi connectivity index (χ4n) is 7.55. The number of benzene rings is 1. The number of carbonyl (C=O) groups is 3. The third kappa shape index (κ3) is 7.28. The maximum absolute atomic E-state index is 14.2. The number of carbonyl (C=O) groups excluding carboxylic acids is 3. The average molecular weight is 635 g/mol. The quantitative estimate of drug-likeness (QED) is 0.350. The van der Waals surface area contributed by atoms with Gasteiger partial charge in [0, 0.05) is 11.8 Å². The lowest BCUT2D eigenvalue weighted by Crippen LogP contribution is -2.47. The molecule has 9 heteroatoms. The number of aromatic nitrogens is 1. The molecule has 1 aromatic carbocycles. The number of nitrogens with zero attached hydrogens (tertiary/aromatic N) is 2. The zero-order chi connectivity index (χ0) is 32.4. The molecule has 6 rings (SSSR count). The lowest BCUT2D eigenvalue weighted by atomic mass is 9.77. The minimum Gasteiger partial charge on any atom is -0.489 e. The van der Waals surface area contributed by atoms with Gasteiger partial charge >= 0.3 is 11.9 Å². The van der Waals surface area contributed by atoms with E-state index in [1.54, 1.807) is 4.90 Å². The molecule has 0 N–H and O–H groups in total. The molecule has 9 nitrogen and oxygen atoms in total. The number of fused-ring (bicyclic) bond motifs is 5. The lowest BCUT2D eigenvalue weighted by molar-refractivity contribution is -0.157. The van der Waals surface area contributed by atoms with Crippen LogP contribution in [0, 0.1) is 17.3 Å². The predicted molar refractivity (Wildman–Crippen MR) is 174 cm³/mol. The van der Waals surface area contributed by atoms with Crippen molar-refractivity contribution >= 4 is 28.7 Å². The van der Waals surface area contributed by atoms with E-state index >= 15 is 0 Å². The number of ether oxygens (including phenoxy) is 4. The first-order chi connectivity index (χ1) is 22.1. The van der Waals surface area contributed by atoms with Crippen molar-refractivity contribution in [1.29, 1.82) is 0 Å². The number of rotatable bonds is 3. The Kier molecular flexibility index (Phi) is 9.76. The fraction of sp³-hybridized carbons (Fsp3) is 0.676. The number of methoxy groups -OCH3 is 1. The first-order valence-electron chi connectivity index (χ1n) is 17.4. The summed E-state index contributed by atoms with van der Waals surface area (Å²) >= 11 is 0. The SMILES string of the molecule is COC(=O)[C@@H]1C[C@@H]2CN1C(=O)[C@H](C(C)(C)C)CC(=O)O[C@@H]1C[C@H]1CCCCCc1c(nc3ccccc3c1OC1CCCCC1)O2. The molecular weight excluding hydrogens is 584 g/mol. The second-order valence-electron chi connectivity index (χ2n) is 14.9. The Labute approximate surface area is 272 Å². The van der Waals surface area contributed by atoms with Gasteiger partial charge in [0.25, 0.3) is 0 Å². The molecule has 2 saturated carbocycles. The summed E-state index contributed by atoms with van der Waals surface area (Å²) in [4.78, 5) is 47.0. The van der Waals surface area contributed by atoms with Crippen LogP contribution in [0.2, 0.25) is 0 Å². The van der Waals surface area contributed by atoms with Gasteiger partial charge in [-0.2, -0.15) is 0 Å². The van der Waals surface area contributed by atoms with Gasteiger partial charge < -0.3 is 23.8 Å². The van der Waals surface area contributed by atoms with Gasteiger partial charge in [-0.1, -0.05) is 52.2 Å². The Hall–Kier alpha value is -3.36. The molecule has 2 aliphatic carbocycles. The molecule has 250 valence electrons. The Morgan fingerprint density at radius 3 is 2.46 bits per heavy atom. The molecule has 0 radical (unpaired) electrons. The normalized spacial score (nSPS) is 28.3. The van der Waals surface area contributed by atoms with Crippen molar-refractivity contribution in [2.45, 2.75) is 129 Å². The molecule has 2 aliphatic heterocycles. The molecule has 1 amide bonds. The zero-order valence-corrected chi connectivity index (χ0v) is 27.9. The summed E-state index contributed by atoms with van der Waals surface area (Å²) < 4.78 is 24.6. The van der Waals surface area contributed by atoms with Gasteiger partial charge in [0.1, 0.15) is 24.0 Å². The van der Waals surface area contributed by atoms with Crippen molar-refractivity contribution < 1.29 is 33.3 Å². The Morgan fingerprint density at radius 1 is 0.957 bits per heavy atom. The third-order valence-corrected chi connectivity index (χ3v) is 10.4. The predicted octanol–water partition coefficient (Wildman–Crippen LogP) is 6.57. The maximum atomic E-state index is 14.2. The lowest BCUT2D eigenvalue weighted by Gasteiger charge is -2.34. The highest BCUT2D eigenvalue weighted by atomic mass is 16.6. The van der Waals surface area contributed by atoms with Gasteiger partial charge in [-0.25, -0.2) is 9.78 Å². The number of amides is 1. The van der Waals surface area contributed by atoms with Crippen molar-refractivity contribution in [3.8, 4) is 11.6 Å². The summed E-state index contributed by atoms with van der Waals surface area (Å²) in [5.41, 5.74) is 1.24. The number of pyridine rings is 1. The first-order valence-corrected chi connectivity index (χ1v) is 17.4. The maximum Gasteiger partial charge on any atom is 0.328 e. The summed E-state index contributed by atoms with van der Waals surface area (Å²) in [6.45, 7) is 6.04. The minimum atomic E-state index is -0.819. The van der Waals surface area contributed by atoms with E-state index in [2.05, 4.69) is 6.07 Å². The van der Waals surface area contributed by atoms with E-state index in [4.69, 9.17) is 23.9 Å². The molecule has 3 fully saturated rings. The van der Waals surface area contributed by atoms with Crippen molar-refractivity contribution in [2.24, 2.45) is 17.3 Å². The van der Waals surface area contributed by atoms with Crippen LogP contribution in [-0.2, 0) is 30.3 Å². The van der Waals surface area contributed by atoms with Crippen LogP contribution >= 0.6 is 0 Å². The third-order valence-electron chi connectivity index (χ3n) is 10.4. The Morgan fingerprint density at radius 2 is 1.70 bits per heavy atom. The van der Waals surface area contributed by atoms with Gasteiger partial charge in [-0.3, -0.25) is 9.59 Å². The standard InChI is InChI=1S/C37H50N2O7/c1-37(2,3)28-21-32(40)46-31-19-23(31)13-7-5-10-17-27-33(44-24-14-8-6-9-15-24)26-16-11-12-18-29(26)38-34(27)45-25-20-30(36(42)43-4)39(22-25)35(28)41/h11-12,16,18,23-25,28,30-31H,5-10,13-15,17,19-22H2,1-4H3/t23-,25-,28-,30+,31-/m1/s1. The molecule has 5 atom stereocenters. The van der Waals surface area contributed by atoms with Crippen LogP contribution in [0.25, 0.3) is 10.9 Å². The number of hydrogen-bond acceptors (Lipinski definition) is 8. The van der Waals surface area contributed by atoms with Gasteiger partial charge in [0.2, 0.25) is 11.8 Å². The van der Waals surface area contributed by atoms with Crippen LogP contribution in [-0.4, -0.2) is 65.7 Å². The molecular formula is C37H50N2O7.